The van der Waals surface area contributed by atoms with Crippen molar-refractivity contribution in [3.05, 3.63) is 68.5 Å². The van der Waals surface area contributed by atoms with Crippen LogP contribution in [0.3, 0.4) is 0 Å². The number of rotatable bonds is 28. The van der Waals surface area contributed by atoms with Crippen molar-refractivity contribution in [3.8, 4) is 0 Å². The van der Waals surface area contributed by atoms with Crippen LogP contribution in [0.1, 0.15) is 197 Å². The zero-order valence-corrected chi connectivity index (χ0v) is 54.1. The molecule has 4 saturated heterocycles. The molecule has 8 N–H and O–H groups in total. The molecule has 0 aromatic heterocycles. The van der Waals surface area contributed by atoms with Crippen LogP contribution in [0.5, 0.6) is 0 Å². The van der Waals surface area contributed by atoms with E-state index in [9.17, 15) is 31.2 Å². The number of nitrogens with zero attached hydrogens (tertiary/aromatic N) is 3. The van der Waals surface area contributed by atoms with Crippen molar-refractivity contribution < 1.29 is 70.1 Å². The number of aliphatic imine (C=N–C) groups is 1. The van der Waals surface area contributed by atoms with Gasteiger partial charge in [-0.3, -0.25) is 19.4 Å². The number of ether oxygens (including phenoxy) is 2. The Kier molecular flexibility index (Phi) is 34.5. The van der Waals surface area contributed by atoms with Crippen molar-refractivity contribution in [1.82, 2.24) is 19.2 Å². The van der Waals surface area contributed by atoms with Crippen LogP contribution >= 0.6 is 0 Å². The zero-order valence-electron chi connectivity index (χ0n) is 52.4. The molecule has 0 atom stereocenters. The Labute approximate surface area is 530 Å². The average Bonchev–Trinajstić information content (AvgIpc) is 3.05. The maximum Gasteiger partial charge on any atom is 1.00 e. The number of sulfonamides is 2. The maximum absolute atomic E-state index is 13.1. The molecule has 5 aliphatic rings. The molecule has 5 aliphatic heterocycles. The Bertz CT molecular complexity index is 2720. The number of aliphatic hydroxyl groups is 1. The van der Waals surface area contributed by atoms with E-state index in [1.807, 2.05) is 66.1 Å². The predicted octanol–water partition coefficient (Wildman–Crippen LogP) is 7.50. The van der Waals surface area contributed by atoms with E-state index in [0.717, 1.165) is 122 Å². The monoisotopic (exact) mass is 1240 g/mol. The first-order chi connectivity index (χ1) is 38.9. The first-order valence-electron chi connectivity index (χ1n) is 30.1. The number of anilines is 2. The van der Waals surface area contributed by atoms with E-state index in [-0.39, 0.29) is 83.5 Å². The summed E-state index contributed by atoms with van der Waals surface area (Å²) in [6.07, 6.45) is 21.5. The van der Waals surface area contributed by atoms with Gasteiger partial charge in [-0.15, -0.1) is 0 Å². The second-order valence-corrected chi connectivity index (χ2v) is 27.9. The minimum absolute atomic E-state index is 0. The number of carbonyl (C=O) groups is 3. The Morgan fingerprint density at radius 2 is 1.02 bits per heavy atom. The van der Waals surface area contributed by atoms with E-state index in [4.69, 9.17) is 25.3 Å². The molecule has 4 fully saturated rings. The SMILES string of the molecule is C.C.CCO.CNc1cc(C)c(/C=C/S(=O)(=O)N2CCC(NC(=O)CCCCCCCCC3(C)COC3)(C(N)=O)CC2)c(C)c1.CNc1cc(C)c(/C=C/S(=O)(=O)N2CCC3(CC2)N=C(CCCCCCCCC2(C)COC2)NC3=O)c(C)c1.[Li+].[OH-]. The molecule has 22 heteroatoms. The number of nitrogens with one attached hydrogen (secondary N) is 4. The maximum atomic E-state index is 13.1. The molecule has 3 amide bonds. The molecule has 2 aromatic rings. The van der Waals surface area contributed by atoms with Gasteiger partial charge in [-0.2, -0.15) is 8.61 Å². The minimum Gasteiger partial charge on any atom is -0.870 e. The average molecular weight is 1240 g/mol. The fourth-order valence-electron chi connectivity index (χ4n) is 11.6. The molecule has 5 heterocycles. The first-order valence-corrected chi connectivity index (χ1v) is 33.1. The number of hydrogen-bond acceptors (Lipinski definition) is 14. The minimum atomic E-state index is -3.70. The summed E-state index contributed by atoms with van der Waals surface area (Å²) >= 11 is 0. The first kappa shape index (κ1) is 79.9. The number of piperidine rings is 2. The van der Waals surface area contributed by atoms with Gasteiger partial charge in [0.05, 0.1) is 26.4 Å². The van der Waals surface area contributed by atoms with Gasteiger partial charge in [0.15, 0.2) is 0 Å². The normalized spacial score (nSPS) is 18.3. The van der Waals surface area contributed by atoms with Crippen LogP contribution in [0.2, 0.25) is 0 Å². The van der Waals surface area contributed by atoms with Crippen molar-refractivity contribution in [1.29, 1.82) is 0 Å². The zero-order chi connectivity index (χ0) is 60.2. The molecule has 0 bridgehead atoms. The number of primary amides is 1. The number of aliphatic hydroxyl groups excluding tert-OH is 1. The molecule has 0 aliphatic carbocycles. The van der Waals surface area contributed by atoms with Crippen LogP contribution in [-0.2, 0) is 43.9 Å². The van der Waals surface area contributed by atoms with Gasteiger partial charge in [0, 0.05) is 92.7 Å². The summed E-state index contributed by atoms with van der Waals surface area (Å²) in [5, 5.41) is 22.2. The number of amidine groups is 1. The third-order valence-corrected chi connectivity index (χ3v) is 20.1. The second-order valence-electron chi connectivity index (χ2n) is 24.2. The summed E-state index contributed by atoms with van der Waals surface area (Å²) in [7, 11) is -3.59. The summed E-state index contributed by atoms with van der Waals surface area (Å²) in [4.78, 5) is 42.7. The van der Waals surface area contributed by atoms with E-state index in [1.165, 1.54) is 70.8 Å². The Morgan fingerprint density at radius 3 is 1.38 bits per heavy atom. The second kappa shape index (κ2) is 37.1. The van der Waals surface area contributed by atoms with Gasteiger partial charge in [-0.1, -0.05) is 92.9 Å². The third-order valence-electron chi connectivity index (χ3n) is 17.0. The van der Waals surface area contributed by atoms with Crippen molar-refractivity contribution in [2.75, 3.05) is 83.9 Å². The van der Waals surface area contributed by atoms with Crippen LogP contribution in [0, 0.1) is 38.5 Å². The van der Waals surface area contributed by atoms with E-state index >= 15 is 0 Å². The molecule has 7 rings (SSSR count). The third kappa shape index (κ3) is 23.3. The number of aryl methyl sites for hydroxylation is 4. The predicted molar refractivity (Wildman–Crippen MR) is 347 cm³/mol. The van der Waals surface area contributed by atoms with E-state index in [0.29, 0.717) is 43.2 Å². The number of amides is 3. The molecule has 0 saturated carbocycles. The van der Waals surface area contributed by atoms with Gasteiger partial charge in [-0.05, 0) is 156 Å². The van der Waals surface area contributed by atoms with E-state index in [1.54, 1.807) is 19.1 Å². The summed E-state index contributed by atoms with van der Waals surface area (Å²) in [5.74, 6) is -0.127. The number of nitrogens with two attached hydrogens (primary N) is 1. The Morgan fingerprint density at radius 1 is 0.663 bits per heavy atom. The van der Waals surface area contributed by atoms with Gasteiger partial charge in [-0.25, -0.2) is 16.8 Å². The van der Waals surface area contributed by atoms with Crippen LogP contribution in [0.4, 0.5) is 11.4 Å². The molecule has 19 nitrogen and oxygen atoms in total. The Hall–Kier alpha value is -4.14. The molecular formula is C64H109LiN8O11S2. The van der Waals surface area contributed by atoms with Gasteiger partial charge in [0.25, 0.3) is 5.91 Å². The summed E-state index contributed by atoms with van der Waals surface area (Å²) < 4.78 is 65.7. The van der Waals surface area contributed by atoms with Crippen LogP contribution < -0.4 is 45.9 Å². The quantitative estimate of drug-likeness (QED) is 0.0356. The number of hydrogen-bond donors (Lipinski definition) is 6. The van der Waals surface area contributed by atoms with Gasteiger partial charge in [0.1, 0.15) is 16.9 Å². The van der Waals surface area contributed by atoms with Crippen molar-refractivity contribution in [2.24, 2.45) is 21.6 Å². The number of benzene rings is 2. The van der Waals surface area contributed by atoms with Crippen molar-refractivity contribution in [2.45, 2.75) is 203 Å². The molecular weight excluding hydrogens is 1130 g/mol. The van der Waals surface area contributed by atoms with Crippen molar-refractivity contribution in [3.63, 3.8) is 0 Å². The molecule has 2 aromatic carbocycles. The van der Waals surface area contributed by atoms with Gasteiger partial charge >= 0.3 is 18.9 Å². The molecule has 0 unspecified atom stereocenters. The van der Waals surface area contributed by atoms with Gasteiger partial charge < -0.3 is 47.1 Å². The van der Waals surface area contributed by atoms with E-state index < -0.39 is 37.0 Å². The van der Waals surface area contributed by atoms with Crippen LogP contribution in [-0.4, -0.2) is 144 Å². The molecule has 86 heavy (non-hydrogen) atoms. The summed E-state index contributed by atoms with van der Waals surface area (Å²) in [6, 6.07) is 7.95. The molecule has 484 valence electrons. The topological polar surface area (TPSA) is 281 Å². The van der Waals surface area contributed by atoms with E-state index in [2.05, 4.69) is 35.1 Å². The number of unbranched alkanes of at least 4 members (excludes halogenated alkanes) is 10. The van der Waals surface area contributed by atoms with Crippen molar-refractivity contribution >= 4 is 67.1 Å². The largest absolute Gasteiger partial charge is 1.00 e. The van der Waals surface area contributed by atoms with Crippen LogP contribution in [0.15, 0.2) is 40.1 Å². The Balaban J connectivity index is 0.000000787. The van der Waals surface area contributed by atoms with Crippen LogP contribution in [0.25, 0.3) is 12.2 Å². The summed E-state index contributed by atoms with van der Waals surface area (Å²) in [5.41, 5.74) is 12.2. The standard InChI is InChI=1S/C30H48N4O5S.C30H46N4O4S.C2H6O.2CH4.Li.H2O/c1-23-19-25(32-4)20-24(2)26(23)12-18-40(37,38)34-16-14-30(15-17-34,28(31)36)33-27(35)11-9-7-5-6-8-10-13-29(3)21-39-22-29;1-23-19-25(31-4)20-24(2)26(23)12-18-39(36,37)34-16-14-30(15-17-34)28(35)32-27(33-30)11-9-7-5-6-8-10-13-29(3)21-38-22-29;1-2-3;;;;/h12,18-20,32H,5-11,13-17,21-22H2,1-4H3,(H2,31,36)(H,33,35);12,18-20,31H,5-11,13-17,21-22H2,1-4H3,(H,32,33,35);3H,2H2,1H3;2*1H4;;1H2/q;;;;;+1;/p-1/b2*18-12+;;;;;. The number of carbonyl (C=O) groups excluding carboxylic acids is 3. The smallest absolute Gasteiger partial charge is 0.870 e. The molecule has 1 spiro atoms. The summed E-state index contributed by atoms with van der Waals surface area (Å²) in [6.45, 7) is 18.8. The fraction of sp³-hybridized carbons (Fsp3) is 0.688. The van der Waals surface area contributed by atoms with Gasteiger partial charge in [0.2, 0.25) is 31.9 Å². The fourth-order valence-corrected chi connectivity index (χ4v) is 13.9. The molecule has 0 radical (unpaired) electrons.